The Morgan fingerprint density at radius 1 is 1.16 bits per heavy atom. The van der Waals surface area contributed by atoms with E-state index in [0.29, 0.717) is 41.3 Å². The van der Waals surface area contributed by atoms with E-state index in [1.165, 1.54) is 10.4 Å². The van der Waals surface area contributed by atoms with Gasteiger partial charge in [0.2, 0.25) is 10.0 Å². The molecule has 0 spiro atoms. The van der Waals surface area contributed by atoms with Gasteiger partial charge in [-0.1, -0.05) is 6.07 Å². The molecule has 0 bridgehead atoms. The van der Waals surface area contributed by atoms with Crippen molar-refractivity contribution in [1.29, 1.82) is 0 Å². The van der Waals surface area contributed by atoms with Gasteiger partial charge in [-0.2, -0.15) is 9.40 Å². The summed E-state index contributed by atoms with van der Waals surface area (Å²) in [5.41, 5.74) is 2.58. The van der Waals surface area contributed by atoms with Gasteiger partial charge < -0.3 is 5.32 Å². The van der Waals surface area contributed by atoms with Crippen LogP contribution in [0.1, 0.15) is 67.5 Å². The molecule has 9 heteroatoms. The number of aromatic nitrogens is 3. The predicted octanol–water partition coefficient (Wildman–Crippen LogP) is 3.93. The van der Waals surface area contributed by atoms with Crippen LogP contribution in [0.4, 0.5) is 5.69 Å². The van der Waals surface area contributed by atoms with Crippen LogP contribution in [0, 0.1) is 0 Å². The van der Waals surface area contributed by atoms with Crippen molar-refractivity contribution in [3.8, 4) is 0 Å². The molecule has 8 nitrogen and oxygen atoms in total. The SMILES string of the molecule is CC(C)n1ncc2c(C(=O)Nc3cccc(S(=O)(=O)N4CCCC4)c3)cc(C3CC3)nc21. The molecule has 1 aliphatic heterocycles. The Kier molecular flexibility index (Phi) is 5.25. The Bertz CT molecular complexity index is 1290. The average Bonchev–Trinajstić information content (AvgIpc) is 3.28. The zero-order chi connectivity index (χ0) is 22.5. The quantitative estimate of drug-likeness (QED) is 0.610. The van der Waals surface area contributed by atoms with Crippen LogP contribution in [0.2, 0.25) is 0 Å². The van der Waals surface area contributed by atoms with Crippen LogP contribution in [0.3, 0.4) is 0 Å². The topological polar surface area (TPSA) is 97.2 Å². The highest BCUT2D eigenvalue weighted by Gasteiger charge is 2.29. The van der Waals surface area contributed by atoms with Crippen LogP contribution in [0.5, 0.6) is 0 Å². The lowest BCUT2D eigenvalue weighted by atomic mass is 10.1. The summed E-state index contributed by atoms with van der Waals surface area (Å²) >= 11 is 0. The smallest absolute Gasteiger partial charge is 0.256 e. The second-order valence-electron chi connectivity index (χ2n) is 8.88. The van der Waals surface area contributed by atoms with Crippen molar-refractivity contribution in [3.05, 3.63) is 47.8 Å². The molecular weight excluding hydrogens is 426 g/mol. The number of amides is 1. The van der Waals surface area contributed by atoms with Crippen LogP contribution >= 0.6 is 0 Å². The van der Waals surface area contributed by atoms with Crippen molar-refractivity contribution in [3.63, 3.8) is 0 Å². The number of hydrogen-bond donors (Lipinski definition) is 1. The van der Waals surface area contributed by atoms with Crippen LogP contribution in [0.15, 0.2) is 41.4 Å². The Hall–Kier alpha value is -2.78. The molecule has 2 aromatic heterocycles. The largest absolute Gasteiger partial charge is 0.322 e. The van der Waals surface area contributed by atoms with Crippen LogP contribution in [-0.2, 0) is 10.0 Å². The first-order valence-electron chi connectivity index (χ1n) is 11.1. The maximum atomic E-state index is 13.3. The first kappa shape index (κ1) is 21.1. The first-order valence-corrected chi connectivity index (χ1v) is 12.6. The predicted molar refractivity (Wildman–Crippen MR) is 122 cm³/mol. The van der Waals surface area contributed by atoms with E-state index in [0.717, 1.165) is 31.4 Å². The monoisotopic (exact) mass is 453 g/mol. The van der Waals surface area contributed by atoms with Gasteiger partial charge in [-0.15, -0.1) is 0 Å². The minimum absolute atomic E-state index is 0.123. The van der Waals surface area contributed by atoms with E-state index >= 15 is 0 Å². The van der Waals surface area contributed by atoms with Gasteiger partial charge in [0.1, 0.15) is 0 Å². The van der Waals surface area contributed by atoms with Gasteiger partial charge in [0, 0.05) is 36.4 Å². The first-order chi connectivity index (χ1) is 15.3. The molecular formula is C23H27N5O3S. The molecule has 1 saturated heterocycles. The number of hydrogen-bond acceptors (Lipinski definition) is 5. The van der Waals surface area contributed by atoms with E-state index in [9.17, 15) is 13.2 Å². The summed E-state index contributed by atoms with van der Waals surface area (Å²) in [5.74, 6) is 0.0914. The summed E-state index contributed by atoms with van der Waals surface area (Å²) in [6.07, 6.45) is 5.59. The summed E-state index contributed by atoms with van der Waals surface area (Å²) in [7, 11) is -3.55. The summed E-state index contributed by atoms with van der Waals surface area (Å²) in [6, 6.07) is 8.45. The lowest BCUT2D eigenvalue weighted by Gasteiger charge is -2.16. The number of anilines is 1. The molecule has 0 atom stereocenters. The summed E-state index contributed by atoms with van der Waals surface area (Å²) in [4.78, 5) is 18.3. The van der Waals surface area contributed by atoms with E-state index < -0.39 is 10.0 Å². The number of pyridine rings is 1. The molecule has 0 radical (unpaired) electrons. The Labute approximate surface area is 187 Å². The van der Waals surface area contributed by atoms with Gasteiger partial charge in [-0.05, 0) is 63.8 Å². The molecule has 0 unspecified atom stereocenters. The molecule has 3 heterocycles. The number of rotatable bonds is 6. The standard InChI is InChI=1S/C23H27N5O3S/c1-15(2)28-22-20(14-24-28)19(13-21(26-22)16-8-9-16)23(29)25-17-6-5-7-18(12-17)32(30,31)27-10-3-4-11-27/h5-7,12-16H,3-4,8-11H2,1-2H3,(H,25,29). The Morgan fingerprint density at radius 3 is 2.59 bits per heavy atom. The third-order valence-electron chi connectivity index (χ3n) is 6.11. The van der Waals surface area contributed by atoms with E-state index in [1.807, 2.05) is 24.6 Å². The number of nitrogens with zero attached hydrogens (tertiary/aromatic N) is 4. The Balaban J connectivity index is 1.48. The highest BCUT2D eigenvalue weighted by Crippen LogP contribution is 2.40. The number of benzene rings is 1. The molecule has 2 fully saturated rings. The molecule has 2 aliphatic rings. The van der Waals surface area contributed by atoms with Crippen molar-refractivity contribution in [2.24, 2.45) is 0 Å². The zero-order valence-corrected chi connectivity index (χ0v) is 19.1. The van der Waals surface area contributed by atoms with Crippen LogP contribution in [-0.4, -0.2) is 46.5 Å². The third kappa shape index (κ3) is 3.80. The van der Waals surface area contributed by atoms with Crippen molar-refractivity contribution < 1.29 is 13.2 Å². The molecule has 1 aliphatic carbocycles. The van der Waals surface area contributed by atoms with Gasteiger partial charge in [0.05, 0.1) is 22.0 Å². The Morgan fingerprint density at radius 2 is 1.91 bits per heavy atom. The van der Waals surface area contributed by atoms with Gasteiger partial charge >= 0.3 is 0 Å². The average molecular weight is 454 g/mol. The van der Waals surface area contributed by atoms with Gasteiger partial charge in [-0.25, -0.2) is 18.1 Å². The molecule has 1 N–H and O–H groups in total. The molecule has 1 amide bonds. The van der Waals surface area contributed by atoms with E-state index in [4.69, 9.17) is 4.98 Å². The summed E-state index contributed by atoms with van der Waals surface area (Å²) < 4.78 is 29.1. The summed E-state index contributed by atoms with van der Waals surface area (Å²) in [6.45, 7) is 5.14. The second kappa shape index (κ2) is 7.97. The lowest BCUT2D eigenvalue weighted by molar-refractivity contribution is 0.102. The van der Waals surface area contributed by atoms with Crippen molar-refractivity contribution in [2.45, 2.75) is 56.4 Å². The maximum Gasteiger partial charge on any atom is 0.256 e. The molecule has 1 aromatic carbocycles. The van der Waals surface area contributed by atoms with Crippen LogP contribution in [0.25, 0.3) is 11.0 Å². The van der Waals surface area contributed by atoms with Gasteiger partial charge in [0.15, 0.2) is 5.65 Å². The molecule has 5 rings (SSSR count). The van der Waals surface area contributed by atoms with Crippen molar-refractivity contribution >= 4 is 32.7 Å². The van der Waals surface area contributed by atoms with Crippen LogP contribution < -0.4 is 5.32 Å². The highest BCUT2D eigenvalue weighted by atomic mass is 32.2. The number of fused-ring (bicyclic) bond motifs is 1. The number of nitrogens with one attached hydrogen (secondary N) is 1. The third-order valence-corrected chi connectivity index (χ3v) is 8.01. The molecule has 3 aromatic rings. The summed E-state index contributed by atoms with van der Waals surface area (Å²) in [5, 5.41) is 8.03. The normalized spacial score (nSPS) is 17.3. The van der Waals surface area contributed by atoms with E-state index in [1.54, 1.807) is 24.4 Å². The number of carbonyl (C=O) groups excluding carboxylic acids is 1. The fourth-order valence-corrected chi connectivity index (χ4v) is 5.77. The van der Waals surface area contributed by atoms with E-state index in [2.05, 4.69) is 10.4 Å². The molecule has 168 valence electrons. The van der Waals surface area contributed by atoms with Gasteiger partial charge in [-0.3, -0.25) is 4.79 Å². The highest BCUT2D eigenvalue weighted by molar-refractivity contribution is 7.89. The molecule has 1 saturated carbocycles. The lowest BCUT2D eigenvalue weighted by Crippen LogP contribution is -2.27. The van der Waals surface area contributed by atoms with E-state index in [-0.39, 0.29) is 16.8 Å². The fourth-order valence-electron chi connectivity index (χ4n) is 4.20. The van der Waals surface area contributed by atoms with Gasteiger partial charge in [0.25, 0.3) is 5.91 Å². The van der Waals surface area contributed by atoms with Crippen molar-refractivity contribution in [1.82, 2.24) is 19.1 Å². The second-order valence-corrected chi connectivity index (χ2v) is 10.8. The minimum atomic E-state index is -3.55. The fraction of sp³-hybridized carbons (Fsp3) is 0.435. The molecule has 32 heavy (non-hydrogen) atoms. The van der Waals surface area contributed by atoms with Crippen molar-refractivity contribution in [2.75, 3.05) is 18.4 Å². The minimum Gasteiger partial charge on any atom is -0.322 e. The zero-order valence-electron chi connectivity index (χ0n) is 18.3. The number of carbonyl (C=O) groups is 1. The number of sulfonamides is 1. The maximum absolute atomic E-state index is 13.3.